The molecule has 0 aliphatic carbocycles. The molecule has 1 aliphatic rings. The smallest absolute Gasteiger partial charge is 0.349 e. The van der Waals surface area contributed by atoms with Gasteiger partial charge in [0.2, 0.25) is 5.95 Å². The molecule has 3 heterocycles. The van der Waals surface area contributed by atoms with Crippen molar-refractivity contribution in [2.75, 3.05) is 18.4 Å². The Labute approximate surface area is 176 Å². The summed E-state index contributed by atoms with van der Waals surface area (Å²) < 4.78 is 68.0. The number of alkyl halides is 3. The summed E-state index contributed by atoms with van der Waals surface area (Å²) in [4.78, 5) is 11.4. The molecule has 1 N–H and O–H groups in total. The van der Waals surface area contributed by atoms with Crippen molar-refractivity contribution in [1.82, 2.24) is 23.8 Å². The van der Waals surface area contributed by atoms with Crippen LogP contribution in [0.2, 0.25) is 0 Å². The van der Waals surface area contributed by atoms with Crippen LogP contribution in [0, 0.1) is 0 Å². The Bertz CT molecular complexity index is 1170. The Hall–Kier alpha value is -2.99. The van der Waals surface area contributed by atoms with E-state index in [2.05, 4.69) is 20.3 Å². The standard InChI is InChI=1S/C19H19F3N6O2S/c1-27-11-17(24-12-27)31(29,30)28-9-14(13-5-3-2-4-6-13)15(10-28)25-18-23-8-7-16(26-18)19(20,21)22/h2-8,11-12,14-15H,9-10H2,1H3,(H,23,25,26). The van der Waals surface area contributed by atoms with Gasteiger partial charge in [0.1, 0.15) is 5.69 Å². The Morgan fingerprint density at radius 1 is 1.10 bits per heavy atom. The zero-order valence-electron chi connectivity index (χ0n) is 16.4. The molecule has 2 aromatic heterocycles. The van der Waals surface area contributed by atoms with Crippen LogP contribution in [0.5, 0.6) is 0 Å². The van der Waals surface area contributed by atoms with Crippen LogP contribution in [-0.4, -0.2) is 51.4 Å². The van der Waals surface area contributed by atoms with Crippen molar-refractivity contribution in [1.29, 1.82) is 0 Å². The summed E-state index contributed by atoms with van der Waals surface area (Å²) in [5.41, 5.74) is -0.220. The second-order valence-corrected chi connectivity index (χ2v) is 9.12. The maximum Gasteiger partial charge on any atom is 0.433 e. The van der Waals surface area contributed by atoms with Gasteiger partial charge in [0.15, 0.2) is 5.03 Å². The molecule has 1 aromatic carbocycles. The topological polar surface area (TPSA) is 93.0 Å². The number of aromatic nitrogens is 4. The highest BCUT2D eigenvalue weighted by atomic mass is 32.2. The molecular formula is C19H19F3N6O2S. The van der Waals surface area contributed by atoms with E-state index in [1.807, 2.05) is 30.3 Å². The number of hydrogen-bond donors (Lipinski definition) is 1. The molecule has 164 valence electrons. The predicted molar refractivity (Wildman–Crippen MR) is 106 cm³/mol. The number of nitrogens with one attached hydrogen (secondary N) is 1. The van der Waals surface area contributed by atoms with Crippen LogP contribution in [0.15, 0.2) is 60.1 Å². The molecule has 2 unspecified atom stereocenters. The Morgan fingerprint density at radius 2 is 1.84 bits per heavy atom. The SMILES string of the molecule is Cn1cnc(S(=O)(=O)N2CC(Nc3nccc(C(F)(F)F)n3)C(c3ccccc3)C2)c1. The predicted octanol–water partition coefficient (Wildman–Crippen LogP) is 2.50. The van der Waals surface area contributed by atoms with Crippen LogP contribution >= 0.6 is 0 Å². The fourth-order valence-electron chi connectivity index (χ4n) is 3.55. The first-order chi connectivity index (χ1) is 14.6. The quantitative estimate of drug-likeness (QED) is 0.640. The number of imidazole rings is 1. The Balaban J connectivity index is 1.65. The maximum absolute atomic E-state index is 13.1. The van der Waals surface area contributed by atoms with Crippen LogP contribution in [0.25, 0.3) is 0 Å². The van der Waals surface area contributed by atoms with E-state index in [1.165, 1.54) is 21.4 Å². The van der Waals surface area contributed by atoms with Crippen LogP contribution in [0.1, 0.15) is 17.2 Å². The fraction of sp³-hybridized carbons (Fsp3) is 0.316. The van der Waals surface area contributed by atoms with Crippen LogP contribution in [0.3, 0.4) is 0 Å². The molecular weight excluding hydrogens is 433 g/mol. The summed E-state index contributed by atoms with van der Waals surface area (Å²) in [5.74, 6) is -0.532. The molecule has 1 fully saturated rings. The number of hydrogen-bond acceptors (Lipinski definition) is 6. The summed E-state index contributed by atoms with van der Waals surface area (Å²) in [6, 6.07) is 9.42. The first kappa shape index (κ1) is 21.2. The van der Waals surface area contributed by atoms with E-state index in [1.54, 1.807) is 7.05 Å². The van der Waals surface area contributed by atoms with Gasteiger partial charge in [-0.1, -0.05) is 30.3 Å². The van der Waals surface area contributed by atoms with E-state index in [4.69, 9.17) is 0 Å². The molecule has 31 heavy (non-hydrogen) atoms. The van der Waals surface area contributed by atoms with Gasteiger partial charge in [0.05, 0.1) is 12.4 Å². The van der Waals surface area contributed by atoms with Gasteiger partial charge in [-0.2, -0.15) is 17.5 Å². The maximum atomic E-state index is 13.1. The second-order valence-electron chi connectivity index (χ2n) is 7.23. The van der Waals surface area contributed by atoms with Crippen LogP contribution in [-0.2, 0) is 23.2 Å². The molecule has 1 aliphatic heterocycles. The van der Waals surface area contributed by atoms with Gasteiger partial charge >= 0.3 is 6.18 Å². The summed E-state index contributed by atoms with van der Waals surface area (Å²) in [7, 11) is -2.21. The van der Waals surface area contributed by atoms with Crippen molar-refractivity contribution in [2.24, 2.45) is 7.05 Å². The lowest BCUT2D eigenvalue weighted by atomic mass is 9.94. The van der Waals surface area contributed by atoms with E-state index in [0.29, 0.717) is 0 Å². The first-order valence-corrected chi connectivity index (χ1v) is 10.8. The van der Waals surface area contributed by atoms with Crippen molar-refractivity contribution >= 4 is 16.0 Å². The van der Waals surface area contributed by atoms with E-state index < -0.39 is 27.9 Å². The monoisotopic (exact) mass is 452 g/mol. The van der Waals surface area contributed by atoms with Gasteiger partial charge in [-0.25, -0.2) is 23.4 Å². The van der Waals surface area contributed by atoms with Gasteiger partial charge in [0, 0.05) is 38.4 Å². The second kappa shape index (κ2) is 7.93. The largest absolute Gasteiger partial charge is 0.433 e. The average Bonchev–Trinajstić information content (AvgIpc) is 3.36. The molecule has 0 amide bonds. The number of rotatable bonds is 5. The van der Waals surface area contributed by atoms with Crippen molar-refractivity contribution in [3.63, 3.8) is 0 Å². The van der Waals surface area contributed by atoms with Gasteiger partial charge < -0.3 is 9.88 Å². The number of benzene rings is 1. The molecule has 12 heteroatoms. The third-order valence-corrected chi connectivity index (χ3v) is 6.78. The van der Waals surface area contributed by atoms with Gasteiger partial charge in [-0.05, 0) is 11.6 Å². The first-order valence-electron chi connectivity index (χ1n) is 9.34. The number of anilines is 1. The van der Waals surface area contributed by atoms with Gasteiger partial charge in [0.25, 0.3) is 10.0 Å². The third-order valence-electron chi connectivity index (χ3n) is 5.06. The van der Waals surface area contributed by atoms with E-state index in [0.717, 1.165) is 17.8 Å². The van der Waals surface area contributed by atoms with E-state index >= 15 is 0 Å². The van der Waals surface area contributed by atoms with Gasteiger partial charge in [-0.3, -0.25) is 0 Å². The van der Waals surface area contributed by atoms with Crippen molar-refractivity contribution in [3.8, 4) is 0 Å². The summed E-state index contributed by atoms with van der Waals surface area (Å²) >= 11 is 0. The zero-order valence-corrected chi connectivity index (χ0v) is 17.2. The lowest BCUT2D eigenvalue weighted by Crippen LogP contribution is -2.32. The minimum absolute atomic E-state index is 0.0259. The van der Waals surface area contributed by atoms with Crippen LogP contribution in [0.4, 0.5) is 19.1 Å². The highest BCUT2D eigenvalue weighted by molar-refractivity contribution is 7.89. The molecule has 0 spiro atoms. The Kier molecular flexibility index (Phi) is 5.43. The highest BCUT2D eigenvalue weighted by Crippen LogP contribution is 2.33. The molecule has 0 saturated carbocycles. The normalized spacial score (nSPS) is 20.1. The number of nitrogens with zero attached hydrogens (tertiary/aromatic N) is 5. The number of sulfonamides is 1. The highest BCUT2D eigenvalue weighted by Gasteiger charge is 2.41. The molecule has 2 atom stereocenters. The van der Waals surface area contributed by atoms with Crippen LogP contribution < -0.4 is 5.32 Å². The lowest BCUT2D eigenvalue weighted by Gasteiger charge is -2.20. The molecule has 0 radical (unpaired) electrons. The lowest BCUT2D eigenvalue weighted by molar-refractivity contribution is -0.141. The fourth-order valence-corrected chi connectivity index (χ4v) is 5.01. The van der Waals surface area contributed by atoms with E-state index in [-0.39, 0.29) is 30.0 Å². The molecule has 1 saturated heterocycles. The number of halogens is 3. The van der Waals surface area contributed by atoms with Crippen molar-refractivity contribution < 1.29 is 21.6 Å². The molecule has 4 rings (SSSR count). The minimum atomic E-state index is -4.61. The van der Waals surface area contributed by atoms with Crippen molar-refractivity contribution in [2.45, 2.75) is 23.2 Å². The summed E-state index contributed by atoms with van der Waals surface area (Å²) in [5, 5.41) is 2.82. The average molecular weight is 452 g/mol. The molecule has 8 nitrogen and oxygen atoms in total. The summed E-state index contributed by atoms with van der Waals surface area (Å²) in [6.45, 7) is 0.164. The Morgan fingerprint density at radius 3 is 2.48 bits per heavy atom. The zero-order chi connectivity index (χ0) is 22.2. The third kappa shape index (κ3) is 4.39. The minimum Gasteiger partial charge on any atom is -0.349 e. The molecule has 0 bridgehead atoms. The summed E-state index contributed by atoms with van der Waals surface area (Å²) in [6.07, 6.45) is -0.789. The molecule has 3 aromatic rings. The number of aryl methyl sites for hydroxylation is 1. The van der Waals surface area contributed by atoms with Gasteiger partial charge in [-0.15, -0.1) is 0 Å². The van der Waals surface area contributed by atoms with Crippen molar-refractivity contribution in [3.05, 3.63) is 66.4 Å². The van der Waals surface area contributed by atoms with E-state index in [9.17, 15) is 21.6 Å².